The van der Waals surface area contributed by atoms with E-state index in [4.69, 9.17) is 0 Å². The molecule has 96 valence electrons. The fraction of sp³-hybridized carbons (Fsp3) is 0.714. The number of hydrogen-bond acceptors (Lipinski definition) is 3. The van der Waals surface area contributed by atoms with Crippen LogP contribution in [0.4, 0.5) is 0 Å². The van der Waals surface area contributed by atoms with Gasteiger partial charge in [-0.3, -0.25) is 0 Å². The fourth-order valence-corrected chi connectivity index (χ4v) is 2.34. The lowest BCUT2D eigenvalue weighted by Crippen LogP contribution is -2.32. The molecular formula is C14H25N3. The van der Waals surface area contributed by atoms with E-state index in [0.29, 0.717) is 17.9 Å². The maximum absolute atomic E-state index is 4.46. The van der Waals surface area contributed by atoms with Crippen LogP contribution in [0.3, 0.4) is 0 Å². The molecule has 0 aliphatic carbocycles. The smallest absolute Gasteiger partial charge is 0.115 e. The van der Waals surface area contributed by atoms with Crippen molar-refractivity contribution in [3.05, 3.63) is 23.8 Å². The van der Waals surface area contributed by atoms with E-state index in [1.807, 2.05) is 7.05 Å². The summed E-state index contributed by atoms with van der Waals surface area (Å²) in [7, 11) is 2.01. The van der Waals surface area contributed by atoms with Crippen LogP contribution < -0.4 is 5.32 Å². The Morgan fingerprint density at radius 2 is 1.94 bits per heavy atom. The van der Waals surface area contributed by atoms with Gasteiger partial charge < -0.3 is 5.32 Å². The average molecular weight is 235 g/mol. The molecular weight excluding hydrogens is 210 g/mol. The van der Waals surface area contributed by atoms with Crippen molar-refractivity contribution in [1.29, 1.82) is 0 Å². The molecule has 2 atom stereocenters. The van der Waals surface area contributed by atoms with Gasteiger partial charge in [-0.05, 0) is 32.4 Å². The van der Waals surface area contributed by atoms with Crippen LogP contribution in [0, 0.1) is 5.92 Å². The predicted molar refractivity (Wildman–Crippen MR) is 72.1 cm³/mol. The molecule has 0 saturated heterocycles. The second-order valence-electron chi connectivity index (χ2n) is 5.03. The zero-order valence-electron chi connectivity index (χ0n) is 11.7. The Balaban J connectivity index is 2.97. The van der Waals surface area contributed by atoms with Gasteiger partial charge in [-0.1, -0.05) is 27.2 Å². The summed E-state index contributed by atoms with van der Waals surface area (Å²) < 4.78 is 0. The van der Waals surface area contributed by atoms with E-state index >= 15 is 0 Å². The highest BCUT2D eigenvalue weighted by Crippen LogP contribution is 2.26. The van der Waals surface area contributed by atoms with E-state index in [2.05, 4.69) is 49.0 Å². The Morgan fingerprint density at radius 1 is 1.24 bits per heavy atom. The van der Waals surface area contributed by atoms with Gasteiger partial charge in [0.05, 0.1) is 0 Å². The maximum Gasteiger partial charge on any atom is 0.115 e. The largest absolute Gasteiger partial charge is 0.317 e. The lowest BCUT2D eigenvalue weighted by Gasteiger charge is -2.26. The normalized spacial score (nSPS) is 14.9. The molecule has 3 nitrogen and oxygen atoms in total. The molecule has 0 radical (unpaired) electrons. The summed E-state index contributed by atoms with van der Waals surface area (Å²) in [5.41, 5.74) is 2.33. The lowest BCUT2D eigenvalue weighted by atomic mass is 9.86. The van der Waals surface area contributed by atoms with Gasteiger partial charge in [0.25, 0.3) is 0 Å². The third-order valence-electron chi connectivity index (χ3n) is 3.30. The highest BCUT2D eigenvalue weighted by atomic mass is 14.9. The van der Waals surface area contributed by atoms with Crippen LogP contribution in [0.15, 0.2) is 12.4 Å². The van der Waals surface area contributed by atoms with Gasteiger partial charge >= 0.3 is 0 Å². The second-order valence-corrected chi connectivity index (χ2v) is 5.03. The van der Waals surface area contributed by atoms with Crippen LogP contribution in [0.5, 0.6) is 0 Å². The quantitative estimate of drug-likeness (QED) is 0.824. The number of rotatable bonds is 6. The van der Waals surface area contributed by atoms with Crippen LogP contribution >= 0.6 is 0 Å². The van der Waals surface area contributed by atoms with Gasteiger partial charge in [0, 0.05) is 23.3 Å². The van der Waals surface area contributed by atoms with Crippen LogP contribution in [0.25, 0.3) is 0 Å². The van der Waals surface area contributed by atoms with Crippen LogP contribution in [-0.4, -0.2) is 23.1 Å². The summed E-state index contributed by atoms with van der Waals surface area (Å²) in [5.74, 6) is 1.01. The summed E-state index contributed by atoms with van der Waals surface area (Å²) in [6, 6.07) is 2.60. The number of aromatic nitrogens is 2. The van der Waals surface area contributed by atoms with E-state index in [0.717, 1.165) is 18.5 Å². The Kier molecular flexibility index (Phi) is 5.56. The molecule has 0 aliphatic rings. The summed E-state index contributed by atoms with van der Waals surface area (Å²) in [5, 5.41) is 3.34. The second kappa shape index (κ2) is 6.70. The van der Waals surface area contributed by atoms with Gasteiger partial charge in [0.2, 0.25) is 0 Å². The topological polar surface area (TPSA) is 37.8 Å². The molecule has 0 aromatic carbocycles. The highest BCUT2D eigenvalue weighted by molar-refractivity contribution is 5.15. The predicted octanol–water partition coefficient (Wildman–Crippen LogP) is 2.78. The molecule has 17 heavy (non-hydrogen) atoms. The first kappa shape index (κ1) is 14.1. The van der Waals surface area contributed by atoms with E-state index in [9.17, 15) is 0 Å². The Labute approximate surface area is 105 Å². The molecule has 0 amide bonds. The number of likely N-dealkylation sites (N-methyl/N-ethyl adjacent to an activating group) is 1. The van der Waals surface area contributed by atoms with E-state index in [1.165, 1.54) is 5.69 Å². The van der Waals surface area contributed by atoms with Crippen molar-refractivity contribution in [3.63, 3.8) is 0 Å². The zero-order chi connectivity index (χ0) is 12.8. The molecule has 0 aliphatic heterocycles. The van der Waals surface area contributed by atoms with Gasteiger partial charge in [0.1, 0.15) is 6.33 Å². The van der Waals surface area contributed by atoms with E-state index in [1.54, 1.807) is 6.33 Å². The molecule has 0 spiro atoms. The number of nitrogens with one attached hydrogen (secondary N) is 1. The Hall–Kier alpha value is -0.960. The van der Waals surface area contributed by atoms with Crippen LogP contribution in [0.2, 0.25) is 0 Å². The minimum absolute atomic E-state index is 0.430. The van der Waals surface area contributed by atoms with Gasteiger partial charge in [0.15, 0.2) is 0 Å². The molecule has 2 unspecified atom stereocenters. The number of hydrogen-bond donors (Lipinski definition) is 1. The molecule has 1 aromatic heterocycles. The van der Waals surface area contributed by atoms with Crippen molar-refractivity contribution in [2.45, 2.75) is 52.5 Å². The van der Waals surface area contributed by atoms with Crippen molar-refractivity contribution in [1.82, 2.24) is 15.3 Å². The van der Waals surface area contributed by atoms with E-state index in [-0.39, 0.29) is 0 Å². The van der Waals surface area contributed by atoms with Crippen molar-refractivity contribution in [2.24, 2.45) is 5.92 Å². The number of nitrogens with zero attached hydrogens (tertiary/aromatic N) is 2. The molecule has 1 rings (SSSR count). The minimum atomic E-state index is 0.430. The van der Waals surface area contributed by atoms with Crippen LogP contribution in [-0.2, 0) is 6.42 Å². The van der Waals surface area contributed by atoms with Gasteiger partial charge in [-0.15, -0.1) is 0 Å². The first-order valence-electron chi connectivity index (χ1n) is 6.58. The average Bonchev–Trinajstić information content (AvgIpc) is 2.29. The molecule has 3 heteroatoms. The Morgan fingerprint density at radius 3 is 2.47 bits per heavy atom. The van der Waals surface area contributed by atoms with Gasteiger partial charge in [-0.2, -0.15) is 0 Å². The summed E-state index contributed by atoms with van der Waals surface area (Å²) >= 11 is 0. The first-order valence-corrected chi connectivity index (χ1v) is 6.58. The Bertz CT molecular complexity index is 336. The summed E-state index contributed by atoms with van der Waals surface area (Å²) in [6.07, 6.45) is 3.87. The van der Waals surface area contributed by atoms with Crippen molar-refractivity contribution < 1.29 is 0 Å². The summed E-state index contributed by atoms with van der Waals surface area (Å²) in [6.45, 7) is 8.89. The van der Waals surface area contributed by atoms with Crippen LogP contribution in [0.1, 0.15) is 51.4 Å². The third kappa shape index (κ3) is 3.77. The summed E-state index contributed by atoms with van der Waals surface area (Å²) in [4.78, 5) is 8.79. The van der Waals surface area contributed by atoms with Crippen molar-refractivity contribution >= 4 is 0 Å². The molecule has 0 bridgehead atoms. The van der Waals surface area contributed by atoms with E-state index < -0.39 is 0 Å². The molecule has 1 aromatic rings. The first-order chi connectivity index (χ1) is 8.10. The van der Waals surface area contributed by atoms with Crippen molar-refractivity contribution in [2.75, 3.05) is 7.05 Å². The molecule has 1 N–H and O–H groups in total. The zero-order valence-corrected chi connectivity index (χ0v) is 11.7. The lowest BCUT2D eigenvalue weighted by molar-refractivity contribution is 0.387. The SMILES string of the molecule is CCCc1cc(C(C(C)C)C(C)NC)ncn1. The third-order valence-corrected chi connectivity index (χ3v) is 3.30. The maximum atomic E-state index is 4.46. The fourth-order valence-electron chi connectivity index (χ4n) is 2.34. The van der Waals surface area contributed by atoms with Gasteiger partial charge in [-0.25, -0.2) is 9.97 Å². The molecule has 0 fully saturated rings. The number of aryl methyl sites for hydroxylation is 1. The molecule has 0 saturated carbocycles. The minimum Gasteiger partial charge on any atom is -0.317 e. The van der Waals surface area contributed by atoms with Crippen molar-refractivity contribution in [3.8, 4) is 0 Å². The molecule has 1 heterocycles. The highest BCUT2D eigenvalue weighted by Gasteiger charge is 2.23. The monoisotopic (exact) mass is 235 g/mol. The standard InChI is InChI=1S/C14H25N3/c1-6-7-12-8-13(17-9-16-12)14(10(2)3)11(4)15-5/h8-11,14-15H,6-7H2,1-5H3.